The average Bonchev–Trinajstić information content (AvgIpc) is 3.50. The number of carbonyl (C=O) groups is 1. The Bertz CT molecular complexity index is 1580. The van der Waals surface area contributed by atoms with E-state index in [1.807, 2.05) is 25.2 Å². The molecule has 1 atom stereocenters. The summed E-state index contributed by atoms with van der Waals surface area (Å²) in [6, 6.07) is 14.3. The molecule has 226 valence electrons. The van der Waals surface area contributed by atoms with Gasteiger partial charge >= 0.3 is 5.97 Å². The van der Waals surface area contributed by atoms with Gasteiger partial charge in [0, 0.05) is 35.8 Å². The molecule has 2 aliphatic rings. The van der Waals surface area contributed by atoms with E-state index in [1.165, 1.54) is 10.5 Å². The summed E-state index contributed by atoms with van der Waals surface area (Å²) in [5.41, 5.74) is 10.0. The van der Waals surface area contributed by atoms with E-state index in [0.717, 1.165) is 11.1 Å². The lowest BCUT2D eigenvalue weighted by molar-refractivity contribution is -0.137. The first-order valence-corrected chi connectivity index (χ1v) is 14.7. The van der Waals surface area contributed by atoms with Crippen molar-refractivity contribution in [1.29, 1.82) is 0 Å². The predicted octanol–water partition coefficient (Wildman–Crippen LogP) is 2.60. The fourth-order valence-corrected chi connectivity index (χ4v) is 5.52. The van der Waals surface area contributed by atoms with Gasteiger partial charge in [0.15, 0.2) is 17.3 Å². The van der Waals surface area contributed by atoms with Crippen LogP contribution in [0.1, 0.15) is 5.56 Å². The Labute approximate surface area is 250 Å². The number of hydrogen-bond acceptors (Lipinski definition) is 11. The molecule has 0 saturated heterocycles. The van der Waals surface area contributed by atoms with Gasteiger partial charge in [-0.1, -0.05) is 29.4 Å². The molecule has 2 aromatic heterocycles. The van der Waals surface area contributed by atoms with Crippen molar-refractivity contribution in [3.8, 4) is 39.7 Å². The Hall–Kier alpha value is -4.21. The highest BCUT2D eigenvalue weighted by molar-refractivity contribution is 7.82. The highest BCUT2D eigenvalue weighted by Crippen LogP contribution is 2.32. The van der Waals surface area contributed by atoms with E-state index < -0.39 is 23.5 Å². The lowest BCUT2D eigenvalue weighted by atomic mass is 10.1. The number of nitrogens with two attached hydrogens (primary N) is 1. The highest BCUT2D eigenvalue weighted by atomic mass is 32.2. The van der Waals surface area contributed by atoms with Gasteiger partial charge in [0.25, 0.3) is 0 Å². The quantitative estimate of drug-likeness (QED) is 0.289. The van der Waals surface area contributed by atoms with Crippen LogP contribution in [0.5, 0.6) is 5.75 Å². The lowest BCUT2D eigenvalue weighted by Crippen LogP contribution is -2.34. The fraction of sp³-hybridized carbons (Fsp3) is 0.310. The predicted molar refractivity (Wildman–Crippen MR) is 158 cm³/mol. The number of carboxylic acid groups (broad SMARTS) is 1. The number of rotatable bonds is 4. The van der Waals surface area contributed by atoms with Crippen LogP contribution in [0.15, 0.2) is 64.1 Å². The molecule has 2 aliphatic heterocycles. The fourth-order valence-electron chi connectivity index (χ4n) is 4.39. The average molecular weight is 609 g/mol. The lowest BCUT2D eigenvalue weighted by Gasteiger charge is -2.19. The molecule has 6 rings (SSSR count). The summed E-state index contributed by atoms with van der Waals surface area (Å²) in [5.74, 6) is 0.105. The number of aromatic nitrogens is 3. The van der Waals surface area contributed by atoms with Gasteiger partial charge in [-0.15, -0.1) is 0 Å². The number of benzene rings is 2. The Morgan fingerprint density at radius 1 is 1.02 bits per heavy atom. The molecular formula is C29H32N6O7S. The maximum atomic E-state index is 13.2. The molecule has 0 spiro atoms. The molecule has 8 bridgehead atoms. The van der Waals surface area contributed by atoms with Gasteiger partial charge in [-0.3, -0.25) is 4.79 Å². The molecule has 4 N–H and O–H groups in total. The molecule has 14 heteroatoms. The first kappa shape index (κ1) is 30.3. The number of nitrogens with zero attached hydrogens (tertiary/aromatic N) is 4. The molecule has 0 amide bonds. The van der Waals surface area contributed by atoms with Gasteiger partial charge in [-0.2, -0.15) is 0 Å². The van der Waals surface area contributed by atoms with Crippen molar-refractivity contribution in [2.75, 3.05) is 58.9 Å². The summed E-state index contributed by atoms with van der Waals surface area (Å²) < 4.78 is 37.5. The summed E-state index contributed by atoms with van der Waals surface area (Å²) >= 11 is 0. The first-order chi connectivity index (χ1) is 20.9. The van der Waals surface area contributed by atoms with Gasteiger partial charge < -0.3 is 34.9 Å². The van der Waals surface area contributed by atoms with Crippen molar-refractivity contribution >= 4 is 22.8 Å². The molecule has 43 heavy (non-hydrogen) atoms. The number of nitrogen functional groups attached to an aromatic ring is 1. The van der Waals surface area contributed by atoms with Crippen LogP contribution in [0.3, 0.4) is 0 Å². The summed E-state index contributed by atoms with van der Waals surface area (Å²) in [6.07, 6.45) is 1.54. The molecule has 4 aromatic rings. The van der Waals surface area contributed by atoms with Crippen molar-refractivity contribution in [2.24, 2.45) is 0 Å². The second-order valence-corrected chi connectivity index (χ2v) is 11.0. The van der Waals surface area contributed by atoms with Crippen LogP contribution in [0.2, 0.25) is 0 Å². The Morgan fingerprint density at radius 2 is 1.77 bits per heavy atom. The van der Waals surface area contributed by atoms with Crippen molar-refractivity contribution in [1.82, 2.24) is 24.7 Å². The number of ether oxygens (including phenoxy) is 3. The smallest absolute Gasteiger partial charge is 0.318 e. The summed E-state index contributed by atoms with van der Waals surface area (Å²) in [5, 5.41) is 16.7. The first-order valence-electron chi connectivity index (χ1n) is 13.6. The minimum atomic E-state index is -1.73. The van der Waals surface area contributed by atoms with Crippen molar-refractivity contribution < 1.29 is 32.8 Å². The van der Waals surface area contributed by atoms with Gasteiger partial charge in [0.2, 0.25) is 0 Å². The number of fused-ring (bicyclic) bond motifs is 12. The van der Waals surface area contributed by atoms with Crippen LogP contribution in [-0.4, -0.2) is 87.9 Å². The van der Waals surface area contributed by atoms with E-state index in [1.54, 1.807) is 30.3 Å². The molecule has 0 aliphatic carbocycles. The SMILES string of the molecule is CNCc1ccc2cc1OCCOCCOCCN(CC(=O)O)S(=O)c1ccc(cc1)-c1cnc(N)c(n1)-c1cc-2no1. The van der Waals surface area contributed by atoms with Gasteiger partial charge in [-0.05, 0) is 25.2 Å². The minimum absolute atomic E-state index is 0.153. The van der Waals surface area contributed by atoms with E-state index in [4.69, 9.17) is 24.5 Å². The molecule has 13 nitrogen and oxygen atoms in total. The zero-order valence-corrected chi connectivity index (χ0v) is 24.3. The molecule has 0 saturated carbocycles. The third kappa shape index (κ3) is 7.60. The number of carboxylic acids is 1. The second-order valence-electron chi connectivity index (χ2n) is 9.52. The van der Waals surface area contributed by atoms with Crippen LogP contribution in [0.4, 0.5) is 5.82 Å². The Kier molecular flexibility index (Phi) is 10.1. The molecule has 0 radical (unpaired) electrons. The molecule has 1 unspecified atom stereocenters. The summed E-state index contributed by atoms with van der Waals surface area (Å²) in [6.45, 7) is 1.80. The van der Waals surface area contributed by atoms with Crippen LogP contribution in [0.25, 0.3) is 34.0 Å². The Balaban J connectivity index is 1.48. The number of anilines is 1. The number of aliphatic carboxylic acids is 1. The minimum Gasteiger partial charge on any atom is -0.491 e. The van der Waals surface area contributed by atoms with Crippen molar-refractivity contribution in [2.45, 2.75) is 11.4 Å². The van der Waals surface area contributed by atoms with Crippen molar-refractivity contribution in [3.63, 3.8) is 0 Å². The van der Waals surface area contributed by atoms with E-state index in [-0.39, 0.29) is 19.0 Å². The van der Waals surface area contributed by atoms with Gasteiger partial charge in [-0.25, -0.2) is 18.5 Å². The van der Waals surface area contributed by atoms with E-state index in [9.17, 15) is 14.1 Å². The van der Waals surface area contributed by atoms with Crippen LogP contribution in [-0.2, 0) is 31.8 Å². The number of nitrogens with one attached hydrogen (secondary N) is 1. The van der Waals surface area contributed by atoms with Crippen molar-refractivity contribution in [3.05, 3.63) is 60.3 Å². The summed E-state index contributed by atoms with van der Waals surface area (Å²) in [7, 11) is 0.132. The number of hydrogen-bond donors (Lipinski definition) is 3. The highest BCUT2D eigenvalue weighted by Gasteiger charge is 2.20. The molecule has 2 aromatic carbocycles. The zero-order valence-electron chi connectivity index (χ0n) is 23.5. The molecule has 0 fully saturated rings. The van der Waals surface area contributed by atoms with Gasteiger partial charge in [0.1, 0.15) is 35.6 Å². The zero-order chi connectivity index (χ0) is 30.2. The third-order valence-corrected chi connectivity index (χ3v) is 7.97. The largest absolute Gasteiger partial charge is 0.491 e. The van der Waals surface area contributed by atoms with Gasteiger partial charge in [0.05, 0.1) is 43.2 Å². The summed E-state index contributed by atoms with van der Waals surface area (Å²) in [4.78, 5) is 20.9. The monoisotopic (exact) mass is 608 g/mol. The Morgan fingerprint density at radius 3 is 2.53 bits per heavy atom. The maximum absolute atomic E-state index is 13.2. The van der Waals surface area contributed by atoms with E-state index >= 15 is 0 Å². The van der Waals surface area contributed by atoms with Crippen LogP contribution < -0.4 is 15.8 Å². The normalized spacial score (nSPS) is 16.7. The van der Waals surface area contributed by atoms with Crippen LogP contribution >= 0.6 is 0 Å². The third-order valence-electron chi connectivity index (χ3n) is 6.51. The molecule has 4 heterocycles. The van der Waals surface area contributed by atoms with E-state index in [2.05, 4.69) is 20.4 Å². The van der Waals surface area contributed by atoms with E-state index in [0.29, 0.717) is 72.0 Å². The second kappa shape index (κ2) is 14.3. The molecular weight excluding hydrogens is 576 g/mol. The van der Waals surface area contributed by atoms with Crippen LogP contribution in [0, 0.1) is 0 Å². The topological polar surface area (TPSA) is 175 Å². The standard InChI is InChI=1S/C29H32N6O7S/c1-31-16-21-3-2-20-14-25(21)41-13-12-40-11-10-39-9-8-35(18-27(36)37)43(38)22-6-4-19(5-7-22)24-17-32-29(30)28(33-24)26-15-23(20)34-42-26/h2-7,14-15,17,31H,8-13,16,18H2,1H3,(H2,30,32)(H,36,37). The maximum Gasteiger partial charge on any atom is 0.318 e.